The first-order valence-electron chi connectivity index (χ1n) is 7.18. The predicted molar refractivity (Wildman–Crippen MR) is 88.2 cm³/mol. The van der Waals surface area contributed by atoms with E-state index in [0.717, 1.165) is 16.3 Å². The molecule has 2 aromatic carbocycles. The van der Waals surface area contributed by atoms with E-state index in [1.54, 1.807) is 0 Å². The van der Waals surface area contributed by atoms with Crippen molar-refractivity contribution in [3.05, 3.63) is 48.0 Å². The van der Waals surface area contributed by atoms with E-state index in [1.807, 2.05) is 68.1 Å². The Kier molecular flexibility index (Phi) is 4.33. The van der Waals surface area contributed by atoms with Gasteiger partial charge in [0.1, 0.15) is 0 Å². The maximum Gasteiger partial charge on any atom is 0.254 e. The highest BCUT2D eigenvalue weighted by Gasteiger charge is 2.27. The average Bonchev–Trinajstić information content (AvgIpc) is 2.45. The molecule has 0 aliphatic heterocycles. The lowest BCUT2D eigenvalue weighted by atomic mass is 9.99. The highest BCUT2D eigenvalue weighted by molar-refractivity contribution is 6.07. The number of benzene rings is 2. The van der Waals surface area contributed by atoms with Crippen LogP contribution in [0.15, 0.2) is 42.5 Å². The standard InChI is InChI=1S/C19H21NO/c1-5-6-14-20(19(2,3)4)18(21)17-13-9-11-15-10-7-8-12-16(15)17/h1,7-13H,6,14H2,2-4H3. The van der Waals surface area contributed by atoms with Gasteiger partial charge in [-0.1, -0.05) is 36.4 Å². The summed E-state index contributed by atoms with van der Waals surface area (Å²) >= 11 is 0. The maximum absolute atomic E-state index is 13.0. The third-order valence-corrected chi connectivity index (χ3v) is 3.55. The van der Waals surface area contributed by atoms with Gasteiger partial charge >= 0.3 is 0 Å². The third kappa shape index (κ3) is 3.25. The molecule has 0 atom stereocenters. The summed E-state index contributed by atoms with van der Waals surface area (Å²) < 4.78 is 0. The summed E-state index contributed by atoms with van der Waals surface area (Å²) in [6, 6.07) is 13.8. The van der Waals surface area contributed by atoms with E-state index in [0.29, 0.717) is 13.0 Å². The first-order valence-corrected chi connectivity index (χ1v) is 7.18. The van der Waals surface area contributed by atoms with Crippen LogP contribution in [0.2, 0.25) is 0 Å². The van der Waals surface area contributed by atoms with Crippen molar-refractivity contribution in [3.8, 4) is 12.3 Å². The van der Waals surface area contributed by atoms with Gasteiger partial charge in [-0.3, -0.25) is 4.79 Å². The van der Waals surface area contributed by atoms with Crippen molar-refractivity contribution in [1.82, 2.24) is 4.90 Å². The summed E-state index contributed by atoms with van der Waals surface area (Å²) in [5.74, 6) is 2.66. The van der Waals surface area contributed by atoms with Crippen LogP contribution in [0, 0.1) is 12.3 Å². The second kappa shape index (κ2) is 6.01. The Morgan fingerprint density at radius 2 is 1.81 bits per heavy atom. The molecule has 0 saturated heterocycles. The largest absolute Gasteiger partial charge is 0.333 e. The van der Waals surface area contributed by atoms with Gasteiger partial charge in [0.25, 0.3) is 5.91 Å². The second-order valence-electron chi connectivity index (χ2n) is 6.11. The lowest BCUT2D eigenvalue weighted by Gasteiger charge is -2.35. The molecule has 0 heterocycles. The molecule has 0 bridgehead atoms. The normalized spacial score (nSPS) is 11.1. The van der Waals surface area contributed by atoms with E-state index in [2.05, 4.69) is 5.92 Å². The molecule has 2 aromatic rings. The van der Waals surface area contributed by atoms with Crippen molar-refractivity contribution in [2.75, 3.05) is 6.54 Å². The highest BCUT2D eigenvalue weighted by Crippen LogP contribution is 2.23. The van der Waals surface area contributed by atoms with Gasteiger partial charge in [-0.05, 0) is 37.6 Å². The summed E-state index contributed by atoms with van der Waals surface area (Å²) in [6.07, 6.45) is 5.92. The molecule has 0 aromatic heterocycles. The highest BCUT2D eigenvalue weighted by atomic mass is 16.2. The van der Waals surface area contributed by atoms with E-state index >= 15 is 0 Å². The summed E-state index contributed by atoms with van der Waals surface area (Å²) in [7, 11) is 0. The van der Waals surface area contributed by atoms with Crippen LogP contribution in [-0.2, 0) is 0 Å². The fourth-order valence-corrected chi connectivity index (χ4v) is 2.48. The minimum Gasteiger partial charge on any atom is -0.333 e. The molecule has 0 radical (unpaired) electrons. The fraction of sp³-hybridized carbons (Fsp3) is 0.316. The molecule has 2 rings (SSSR count). The minimum absolute atomic E-state index is 0.0366. The molecule has 0 aliphatic rings. The Hall–Kier alpha value is -2.27. The number of hydrogen-bond acceptors (Lipinski definition) is 1. The van der Waals surface area contributed by atoms with Crippen LogP contribution in [0.1, 0.15) is 37.6 Å². The molecule has 0 saturated carbocycles. The maximum atomic E-state index is 13.0. The molecule has 0 unspecified atom stereocenters. The molecular weight excluding hydrogens is 258 g/mol. The molecule has 21 heavy (non-hydrogen) atoms. The zero-order chi connectivity index (χ0) is 15.5. The van der Waals surface area contributed by atoms with E-state index in [9.17, 15) is 4.79 Å². The van der Waals surface area contributed by atoms with Crippen molar-refractivity contribution in [3.63, 3.8) is 0 Å². The van der Waals surface area contributed by atoms with Gasteiger partial charge in [0.2, 0.25) is 0 Å². The zero-order valence-corrected chi connectivity index (χ0v) is 12.9. The zero-order valence-electron chi connectivity index (χ0n) is 12.9. The average molecular weight is 279 g/mol. The fourth-order valence-electron chi connectivity index (χ4n) is 2.48. The number of terminal acetylenes is 1. The molecule has 0 fully saturated rings. The molecule has 108 valence electrons. The Labute approximate surface area is 126 Å². The topological polar surface area (TPSA) is 20.3 Å². The summed E-state index contributed by atoms with van der Waals surface area (Å²) in [5.41, 5.74) is 0.477. The number of nitrogens with zero attached hydrogens (tertiary/aromatic N) is 1. The van der Waals surface area contributed by atoms with Crippen molar-refractivity contribution < 1.29 is 4.79 Å². The summed E-state index contributed by atoms with van der Waals surface area (Å²) in [5, 5.41) is 2.06. The van der Waals surface area contributed by atoms with Crippen LogP contribution < -0.4 is 0 Å². The number of fused-ring (bicyclic) bond motifs is 1. The van der Waals surface area contributed by atoms with Crippen molar-refractivity contribution in [2.24, 2.45) is 0 Å². The van der Waals surface area contributed by atoms with Gasteiger partial charge in [-0.25, -0.2) is 0 Å². The van der Waals surface area contributed by atoms with Gasteiger partial charge in [0, 0.05) is 24.1 Å². The van der Waals surface area contributed by atoms with Gasteiger partial charge in [0.15, 0.2) is 0 Å². The first-order chi connectivity index (χ1) is 9.95. The SMILES string of the molecule is C#CCCN(C(=O)c1cccc2ccccc12)C(C)(C)C. The van der Waals surface area contributed by atoms with E-state index < -0.39 is 0 Å². The molecule has 2 nitrogen and oxygen atoms in total. The molecular formula is C19H21NO. The number of amides is 1. The quantitative estimate of drug-likeness (QED) is 0.774. The number of rotatable bonds is 3. The Bertz CT molecular complexity index is 683. The molecule has 0 N–H and O–H groups in total. The summed E-state index contributed by atoms with van der Waals surface area (Å²) in [6.45, 7) is 6.67. The number of carbonyl (C=O) groups excluding carboxylic acids is 1. The van der Waals surface area contributed by atoms with Crippen LogP contribution in [0.5, 0.6) is 0 Å². The monoisotopic (exact) mass is 279 g/mol. The van der Waals surface area contributed by atoms with Crippen molar-refractivity contribution in [1.29, 1.82) is 0 Å². The third-order valence-electron chi connectivity index (χ3n) is 3.55. The smallest absolute Gasteiger partial charge is 0.254 e. The Morgan fingerprint density at radius 1 is 1.14 bits per heavy atom. The molecule has 1 amide bonds. The molecule has 2 heteroatoms. The minimum atomic E-state index is -0.259. The van der Waals surface area contributed by atoms with Crippen LogP contribution in [0.3, 0.4) is 0 Å². The number of hydrogen-bond donors (Lipinski definition) is 0. The molecule has 0 aliphatic carbocycles. The Morgan fingerprint density at radius 3 is 2.48 bits per heavy atom. The van der Waals surface area contributed by atoms with Crippen LogP contribution in [0.4, 0.5) is 0 Å². The molecule has 0 spiro atoms. The van der Waals surface area contributed by atoms with Crippen LogP contribution >= 0.6 is 0 Å². The lowest BCUT2D eigenvalue weighted by molar-refractivity contribution is 0.0591. The van der Waals surface area contributed by atoms with Crippen molar-refractivity contribution >= 4 is 16.7 Å². The van der Waals surface area contributed by atoms with Crippen LogP contribution in [0.25, 0.3) is 10.8 Å². The second-order valence-corrected chi connectivity index (χ2v) is 6.11. The van der Waals surface area contributed by atoms with E-state index in [1.165, 1.54) is 0 Å². The summed E-state index contributed by atoms with van der Waals surface area (Å²) in [4.78, 5) is 14.8. The van der Waals surface area contributed by atoms with Gasteiger partial charge in [-0.15, -0.1) is 12.3 Å². The Balaban J connectivity index is 2.46. The van der Waals surface area contributed by atoms with Crippen LogP contribution in [-0.4, -0.2) is 22.9 Å². The van der Waals surface area contributed by atoms with Crippen molar-refractivity contribution in [2.45, 2.75) is 32.7 Å². The number of carbonyl (C=O) groups is 1. The van der Waals surface area contributed by atoms with E-state index in [4.69, 9.17) is 6.42 Å². The van der Waals surface area contributed by atoms with Gasteiger partial charge in [0.05, 0.1) is 0 Å². The first kappa shape index (κ1) is 15.1. The van der Waals surface area contributed by atoms with Gasteiger partial charge in [-0.2, -0.15) is 0 Å². The lowest BCUT2D eigenvalue weighted by Crippen LogP contribution is -2.46. The van der Waals surface area contributed by atoms with E-state index in [-0.39, 0.29) is 11.4 Å². The predicted octanol–water partition coefficient (Wildman–Crippen LogP) is 4.10. The van der Waals surface area contributed by atoms with Gasteiger partial charge < -0.3 is 4.90 Å².